The molecule has 0 aliphatic carbocycles. The smallest absolute Gasteiger partial charge is 0.251 e. The quantitative estimate of drug-likeness (QED) is 0.689. The van der Waals surface area contributed by atoms with Crippen LogP contribution in [-0.2, 0) is 13.2 Å². The fourth-order valence-electron chi connectivity index (χ4n) is 2.36. The van der Waals surface area contributed by atoms with Gasteiger partial charge in [-0.15, -0.1) is 0 Å². The molecule has 1 amide bonds. The van der Waals surface area contributed by atoms with Crippen molar-refractivity contribution in [1.29, 1.82) is 0 Å². The summed E-state index contributed by atoms with van der Waals surface area (Å²) in [6.07, 6.45) is 0. The Morgan fingerprint density at radius 2 is 1.56 bits per heavy atom. The van der Waals surface area contributed by atoms with E-state index in [2.05, 4.69) is 5.32 Å². The van der Waals surface area contributed by atoms with Crippen LogP contribution in [-0.4, -0.2) is 5.91 Å². The van der Waals surface area contributed by atoms with E-state index in [-0.39, 0.29) is 5.91 Å². The lowest BCUT2D eigenvalue weighted by Crippen LogP contribution is -2.22. The Balaban J connectivity index is 1.54. The van der Waals surface area contributed by atoms with Crippen LogP contribution in [0.3, 0.4) is 0 Å². The maximum atomic E-state index is 12.2. The van der Waals surface area contributed by atoms with Crippen LogP contribution < -0.4 is 10.1 Å². The lowest BCUT2D eigenvalue weighted by Gasteiger charge is -2.09. The third kappa shape index (κ3) is 4.85. The Labute approximate surface area is 152 Å². The summed E-state index contributed by atoms with van der Waals surface area (Å²) in [4.78, 5) is 12.2. The SMILES string of the molecule is O=C(NCc1ccccc1)c1ccc(OCc2ccccc2Cl)cc1. The number of rotatable bonds is 6. The second-order valence-electron chi connectivity index (χ2n) is 5.57. The van der Waals surface area contributed by atoms with Crippen molar-refractivity contribution in [1.82, 2.24) is 5.32 Å². The van der Waals surface area contributed by atoms with Crippen LogP contribution in [0.4, 0.5) is 0 Å². The Kier molecular flexibility index (Phi) is 5.70. The average Bonchev–Trinajstić information content (AvgIpc) is 2.67. The number of hydrogen-bond donors (Lipinski definition) is 1. The zero-order valence-electron chi connectivity index (χ0n) is 13.6. The van der Waals surface area contributed by atoms with E-state index in [9.17, 15) is 4.79 Å². The highest BCUT2D eigenvalue weighted by Gasteiger charge is 2.06. The van der Waals surface area contributed by atoms with Crippen molar-refractivity contribution in [2.75, 3.05) is 0 Å². The molecule has 0 unspecified atom stereocenters. The molecule has 0 fully saturated rings. The molecule has 25 heavy (non-hydrogen) atoms. The predicted molar refractivity (Wildman–Crippen MR) is 99.8 cm³/mol. The van der Waals surface area contributed by atoms with Gasteiger partial charge in [-0.1, -0.05) is 60.1 Å². The fraction of sp³-hybridized carbons (Fsp3) is 0.0952. The topological polar surface area (TPSA) is 38.3 Å². The Morgan fingerprint density at radius 1 is 0.880 bits per heavy atom. The van der Waals surface area contributed by atoms with E-state index < -0.39 is 0 Å². The first kappa shape index (κ1) is 17.1. The van der Waals surface area contributed by atoms with Gasteiger partial charge in [-0.25, -0.2) is 0 Å². The molecule has 0 spiro atoms. The van der Waals surface area contributed by atoms with E-state index in [1.165, 1.54) is 0 Å². The zero-order chi connectivity index (χ0) is 17.5. The normalized spacial score (nSPS) is 10.3. The molecule has 0 atom stereocenters. The van der Waals surface area contributed by atoms with Crippen LogP contribution in [0.1, 0.15) is 21.5 Å². The molecule has 0 aliphatic heterocycles. The molecule has 0 heterocycles. The monoisotopic (exact) mass is 351 g/mol. The zero-order valence-corrected chi connectivity index (χ0v) is 14.4. The molecule has 0 saturated carbocycles. The van der Waals surface area contributed by atoms with Crippen LogP contribution in [0.15, 0.2) is 78.9 Å². The second-order valence-corrected chi connectivity index (χ2v) is 5.98. The third-order valence-corrected chi connectivity index (χ3v) is 4.13. The maximum absolute atomic E-state index is 12.2. The van der Waals surface area contributed by atoms with Crippen molar-refractivity contribution >= 4 is 17.5 Å². The predicted octanol–water partition coefficient (Wildman–Crippen LogP) is 4.85. The first-order valence-corrected chi connectivity index (χ1v) is 8.38. The van der Waals surface area contributed by atoms with Gasteiger partial charge in [0.15, 0.2) is 0 Å². The van der Waals surface area contributed by atoms with Gasteiger partial charge in [-0.05, 0) is 35.9 Å². The Hall–Kier alpha value is -2.78. The van der Waals surface area contributed by atoms with E-state index in [0.717, 1.165) is 11.1 Å². The van der Waals surface area contributed by atoms with Gasteiger partial charge in [0.2, 0.25) is 0 Å². The van der Waals surface area contributed by atoms with Gasteiger partial charge >= 0.3 is 0 Å². The first-order valence-electron chi connectivity index (χ1n) is 8.01. The summed E-state index contributed by atoms with van der Waals surface area (Å²) in [7, 11) is 0. The molecular weight excluding hydrogens is 334 g/mol. The Morgan fingerprint density at radius 3 is 2.28 bits per heavy atom. The second kappa shape index (κ2) is 8.36. The van der Waals surface area contributed by atoms with Gasteiger partial charge in [0.05, 0.1) is 0 Å². The lowest BCUT2D eigenvalue weighted by atomic mass is 10.2. The summed E-state index contributed by atoms with van der Waals surface area (Å²) < 4.78 is 5.72. The summed E-state index contributed by atoms with van der Waals surface area (Å²) in [6, 6.07) is 24.4. The number of halogens is 1. The minimum atomic E-state index is -0.110. The molecule has 0 aromatic heterocycles. The van der Waals surface area contributed by atoms with Crippen LogP contribution in [0.5, 0.6) is 5.75 Å². The summed E-state index contributed by atoms with van der Waals surface area (Å²) in [5.41, 5.74) is 2.59. The molecule has 0 radical (unpaired) electrons. The molecule has 4 heteroatoms. The van der Waals surface area contributed by atoms with Crippen LogP contribution in [0, 0.1) is 0 Å². The molecule has 0 aliphatic rings. The molecule has 0 bridgehead atoms. The summed E-state index contributed by atoms with van der Waals surface area (Å²) >= 11 is 6.11. The van der Waals surface area contributed by atoms with E-state index in [0.29, 0.717) is 29.5 Å². The lowest BCUT2D eigenvalue weighted by molar-refractivity contribution is 0.0951. The summed E-state index contributed by atoms with van der Waals surface area (Å²) in [5, 5.41) is 3.58. The first-order chi connectivity index (χ1) is 12.2. The minimum absolute atomic E-state index is 0.110. The highest BCUT2D eigenvalue weighted by Crippen LogP contribution is 2.19. The van der Waals surface area contributed by atoms with Gasteiger partial charge in [-0.3, -0.25) is 4.79 Å². The number of amides is 1. The molecule has 0 saturated heterocycles. The minimum Gasteiger partial charge on any atom is -0.489 e. The van der Waals surface area contributed by atoms with Crippen molar-refractivity contribution < 1.29 is 9.53 Å². The number of hydrogen-bond acceptors (Lipinski definition) is 2. The van der Waals surface area contributed by atoms with Crippen molar-refractivity contribution in [2.45, 2.75) is 13.2 Å². The van der Waals surface area contributed by atoms with Crippen LogP contribution in [0.2, 0.25) is 5.02 Å². The van der Waals surface area contributed by atoms with Gasteiger partial charge in [-0.2, -0.15) is 0 Å². The standard InChI is InChI=1S/C21H18ClNO2/c22-20-9-5-4-8-18(20)15-25-19-12-10-17(11-13-19)21(24)23-14-16-6-2-1-3-7-16/h1-13H,14-15H2,(H,23,24). The fourth-order valence-corrected chi connectivity index (χ4v) is 2.55. The van der Waals surface area contributed by atoms with Crippen LogP contribution >= 0.6 is 11.6 Å². The molecular formula is C21H18ClNO2. The van der Waals surface area contributed by atoms with E-state index in [1.807, 2.05) is 54.6 Å². The molecule has 126 valence electrons. The number of carbonyl (C=O) groups excluding carboxylic acids is 1. The summed E-state index contributed by atoms with van der Waals surface area (Å²) in [6.45, 7) is 0.893. The molecule has 3 rings (SSSR count). The highest BCUT2D eigenvalue weighted by atomic mass is 35.5. The van der Waals surface area contributed by atoms with Gasteiger partial charge in [0, 0.05) is 22.7 Å². The van der Waals surface area contributed by atoms with Crippen molar-refractivity contribution in [3.8, 4) is 5.75 Å². The maximum Gasteiger partial charge on any atom is 0.251 e. The summed E-state index contributed by atoms with van der Waals surface area (Å²) in [5.74, 6) is 0.584. The van der Waals surface area contributed by atoms with Crippen molar-refractivity contribution in [3.05, 3.63) is 101 Å². The largest absolute Gasteiger partial charge is 0.489 e. The number of benzene rings is 3. The van der Waals surface area contributed by atoms with Crippen molar-refractivity contribution in [2.24, 2.45) is 0 Å². The molecule has 3 nitrogen and oxygen atoms in total. The van der Waals surface area contributed by atoms with Gasteiger partial charge in [0.25, 0.3) is 5.91 Å². The molecule has 3 aromatic carbocycles. The number of nitrogens with one attached hydrogen (secondary N) is 1. The van der Waals surface area contributed by atoms with Gasteiger partial charge < -0.3 is 10.1 Å². The van der Waals surface area contributed by atoms with E-state index >= 15 is 0 Å². The molecule has 1 N–H and O–H groups in total. The number of ether oxygens (including phenoxy) is 1. The van der Waals surface area contributed by atoms with E-state index in [1.54, 1.807) is 24.3 Å². The van der Waals surface area contributed by atoms with Crippen molar-refractivity contribution in [3.63, 3.8) is 0 Å². The van der Waals surface area contributed by atoms with Crippen LogP contribution in [0.25, 0.3) is 0 Å². The average molecular weight is 352 g/mol. The van der Waals surface area contributed by atoms with E-state index in [4.69, 9.17) is 16.3 Å². The third-order valence-electron chi connectivity index (χ3n) is 3.76. The number of carbonyl (C=O) groups is 1. The highest BCUT2D eigenvalue weighted by molar-refractivity contribution is 6.31. The Bertz CT molecular complexity index is 832. The molecule has 3 aromatic rings. The van der Waals surface area contributed by atoms with Gasteiger partial charge in [0.1, 0.15) is 12.4 Å².